The van der Waals surface area contributed by atoms with Crippen molar-refractivity contribution < 1.29 is 4.42 Å². The molecule has 42 heavy (non-hydrogen) atoms. The fourth-order valence-electron chi connectivity index (χ4n) is 6.29. The topological polar surface area (TPSA) is 51.5 Å². The summed E-state index contributed by atoms with van der Waals surface area (Å²) in [5.41, 5.74) is 15.5. The van der Waals surface area contributed by atoms with Gasteiger partial charge in [0.15, 0.2) is 0 Å². The standard InChI is InChI=1S/C38H26N2OS/c1-2-12-30-25(21-22-29(40-30)23-13-4-3-5-14-23)35-33(24-15-6-9-18-28(24)39)34-26-16-7-10-19-31(26)41-37(34)36-27-17-8-11-20-32(27)42-38(35)36/h2-22,25H,1,39H2/b30-12+. The lowest BCUT2D eigenvalue weighted by Gasteiger charge is -2.24. The Bertz CT molecular complexity index is 2280. The molecule has 3 heterocycles. The van der Waals surface area contributed by atoms with Gasteiger partial charge >= 0.3 is 0 Å². The van der Waals surface area contributed by atoms with Crippen LogP contribution in [-0.2, 0) is 0 Å². The van der Waals surface area contributed by atoms with Gasteiger partial charge in [-0.1, -0.05) is 104 Å². The Balaban J connectivity index is 1.55. The molecule has 0 fully saturated rings. The molecule has 1 aliphatic heterocycles. The molecule has 5 aromatic carbocycles. The highest BCUT2D eigenvalue weighted by Gasteiger charge is 2.30. The van der Waals surface area contributed by atoms with Crippen LogP contribution in [0.5, 0.6) is 0 Å². The van der Waals surface area contributed by atoms with Crippen LogP contribution < -0.4 is 5.73 Å². The number of fused-ring (bicyclic) bond motifs is 7. The average Bonchev–Trinajstić information content (AvgIpc) is 3.60. The third kappa shape index (κ3) is 3.69. The van der Waals surface area contributed by atoms with Crippen molar-refractivity contribution in [1.82, 2.24) is 0 Å². The first-order valence-corrected chi connectivity index (χ1v) is 14.8. The monoisotopic (exact) mass is 558 g/mol. The van der Waals surface area contributed by atoms with Gasteiger partial charge in [0, 0.05) is 59.2 Å². The highest BCUT2D eigenvalue weighted by atomic mass is 32.1. The SMILES string of the molecule is C=C/C=C1/N=C(c2ccccc2)C=CC1c1c(-c2ccccc2N)c2c3ccccc3oc2c2c1sc1ccccc12. The minimum Gasteiger partial charge on any atom is -0.455 e. The molecule has 0 aliphatic carbocycles. The Morgan fingerprint density at radius 3 is 2.38 bits per heavy atom. The van der Waals surface area contributed by atoms with Crippen molar-refractivity contribution in [3.63, 3.8) is 0 Å². The number of hydrogen-bond acceptors (Lipinski definition) is 4. The minimum absolute atomic E-state index is 0.126. The maximum Gasteiger partial charge on any atom is 0.145 e. The van der Waals surface area contributed by atoms with E-state index in [-0.39, 0.29) is 5.92 Å². The molecule has 8 rings (SSSR count). The molecule has 2 aromatic heterocycles. The number of nitrogens with two attached hydrogens (primary N) is 1. The predicted molar refractivity (Wildman–Crippen MR) is 180 cm³/mol. The van der Waals surface area contributed by atoms with Crippen LogP contribution in [0.25, 0.3) is 53.2 Å². The van der Waals surface area contributed by atoms with Crippen LogP contribution in [-0.4, -0.2) is 5.71 Å². The largest absolute Gasteiger partial charge is 0.455 e. The molecule has 3 nitrogen and oxygen atoms in total. The average molecular weight is 559 g/mol. The summed E-state index contributed by atoms with van der Waals surface area (Å²) in [6, 6.07) is 35.3. The number of nitrogens with zero attached hydrogens (tertiary/aromatic N) is 1. The molecule has 0 amide bonds. The van der Waals surface area contributed by atoms with Crippen molar-refractivity contribution in [2.24, 2.45) is 4.99 Å². The zero-order chi connectivity index (χ0) is 28.2. The first kappa shape index (κ1) is 24.6. The van der Waals surface area contributed by atoms with E-state index in [9.17, 15) is 0 Å². The van der Waals surface area contributed by atoms with E-state index in [4.69, 9.17) is 15.1 Å². The normalized spacial score (nSPS) is 16.1. The van der Waals surface area contributed by atoms with E-state index in [2.05, 4.69) is 79.4 Å². The van der Waals surface area contributed by atoms with Crippen LogP contribution in [0, 0.1) is 0 Å². The summed E-state index contributed by atoms with van der Waals surface area (Å²) in [6.45, 7) is 4.05. The molecule has 1 atom stereocenters. The number of benzene rings is 5. The van der Waals surface area contributed by atoms with Gasteiger partial charge in [-0.15, -0.1) is 11.3 Å². The van der Waals surface area contributed by atoms with Crippen LogP contribution in [0.3, 0.4) is 0 Å². The molecule has 0 saturated heterocycles. The van der Waals surface area contributed by atoms with E-state index in [1.165, 1.54) is 20.3 Å². The Kier molecular flexibility index (Phi) is 5.69. The van der Waals surface area contributed by atoms with Gasteiger partial charge in [-0.3, -0.25) is 4.99 Å². The maximum atomic E-state index is 6.76. The van der Waals surface area contributed by atoms with Crippen molar-refractivity contribution in [2.75, 3.05) is 5.73 Å². The molecule has 1 aliphatic rings. The fraction of sp³-hybridized carbons (Fsp3) is 0.0263. The van der Waals surface area contributed by atoms with Crippen LogP contribution in [0.2, 0.25) is 0 Å². The van der Waals surface area contributed by atoms with Crippen molar-refractivity contribution in [3.05, 3.63) is 151 Å². The zero-order valence-corrected chi connectivity index (χ0v) is 23.6. The van der Waals surface area contributed by atoms with Gasteiger partial charge < -0.3 is 10.2 Å². The molecule has 0 radical (unpaired) electrons. The zero-order valence-electron chi connectivity index (χ0n) is 22.7. The number of nitrogen functional groups attached to an aromatic ring is 1. The highest BCUT2D eigenvalue weighted by molar-refractivity contribution is 7.26. The van der Waals surface area contributed by atoms with Crippen LogP contribution in [0.1, 0.15) is 17.0 Å². The van der Waals surface area contributed by atoms with E-state index in [1.54, 1.807) is 11.3 Å². The van der Waals surface area contributed by atoms with Gasteiger partial charge in [0.1, 0.15) is 11.2 Å². The summed E-state index contributed by atoms with van der Waals surface area (Å²) >= 11 is 1.80. The summed E-state index contributed by atoms with van der Waals surface area (Å²) in [4.78, 5) is 5.22. The predicted octanol–water partition coefficient (Wildman–Crippen LogP) is 10.4. The number of para-hydroxylation sites is 2. The third-order valence-corrected chi connectivity index (χ3v) is 9.30. The molecule has 1 unspecified atom stereocenters. The van der Waals surface area contributed by atoms with E-state index in [1.807, 2.05) is 54.6 Å². The Morgan fingerprint density at radius 2 is 1.55 bits per heavy atom. The summed E-state index contributed by atoms with van der Waals surface area (Å²) in [6.07, 6.45) is 8.29. The third-order valence-electron chi connectivity index (χ3n) is 8.10. The lowest BCUT2D eigenvalue weighted by molar-refractivity contribution is 0.673. The van der Waals surface area contributed by atoms with Gasteiger partial charge in [0.25, 0.3) is 0 Å². The Hall–Kier alpha value is -5.19. The van der Waals surface area contributed by atoms with Gasteiger partial charge in [-0.2, -0.15) is 0 Å². The second kappa shape index (κ2) is 9.72. The molecule has 0 saturated carbocycles. The molecule has 4 heteroatoms. The van der Waals surface area contributed by atoms with Crippen molar-refractivity contribution in [2.45, 2.75) is 5.92 Å². The number of furan rings is 1. The number of thiophene rings is 1. The number of aliphatic imine (C=N–C) groups is 1. The summed E-state index contributed by atoms with van der Waals surface area (Å²) < 4.78 is 9.12. The van der Waals surface area contributed by atoms with Gasteiger partial charge in [-0.05, 0) is 35.9 Å². The van der Waals surface area contributed by atoms with Crippen molar-refractivity contribution >= 4 is 64.8 Å². The Labute approximate surface area is 247 Å². The lowest BCUT2D eigenvalue weighted by atomic mass is 9.82. The van der Waals surface area contributed by atoms with Crippen LogP contribution >= 0.6 is 11.3 Å². The molecule has 0 bridgehead atoms. The number of allylic oxidation sites excluding steroid dienone is 4. The van der Waals surface area contributed by atoms with Crippen molar-refractivity contribution in [1.29, 1.82) is 0 Å². The molecular weight excluding hydrogens is 532 g/mol. The van der Waals surface area contributed by atoms with Crippen LogP contribution in [0.15, 0.2) is 149 Å². The second-order valence-electron chi connectivity index (χ2n) is 10.5. The van der Waals surface area contributed by atoms with E-state index in [0.717, 1.165) is 61.1 Å². The van der Waals surface area contributed by atoms with E-state index < -0.39 is 0 Å². The molecule has 7 aromatic rings. The van der Waals surface area contributed by atoms with E-state index >= 15 is 0 Å². The van der Waals surface area contributed by atoms with Gasteiger partial charge in [-0.25, -0.2) is 0 Å². The maximum absolute atomic E-state index is 6.76. The number of rotatable bonds is 4. The second-order valence-corrected chi connectivity index (χ2v) is 11.6. The molecule has 0 spiro atoms. The number of dihydropyridines is 1. The first-order chi connectivity index (χ1) is 20.7. The lowest BCUT2D eigenvalue weighted by Crippen LogP contribution is -2.10. The van der Waals surface area contributed by atoms with Crippen molar-refractivity contribution in [3.8, 4) is 11.1 Å². The minimum atomic E-state index is -0.126. The molecule has 2 N–H and O–H groups in total. The van der Waals surface area contributed by atoms with E-state index in [0.29, 0.717) is 0 Å². The first-order valence-electron chi connectivity index (χ1n) is 14.0. The highest BCUT2D eigenvalue weighted by Crippen LogP contribution is 2.53. The summed E-state index contributed by atoms with van der Waals surface area (Å²) in [5, 5.41) is 4.49. The van der Waals surface area contributed by atoms with Gasteiger partial charge in [0.2, 0.25) is 0 Å². The van der Waals surface area contributed by atoms with Gasteiger partial charge in [0.05, 0.1) is 11.4 Å². The number of anilines is 1. The fourth-order valence-corrected chi connectivity index (χ4v) is 7.58. The smallest absolute Gasteiger partial charge is 0.145 e. The summed E-state index contributed by atoms with van der Waals surface area (Å²) in [7, 11) is 0. The quantitative estimate of drug-likeness (QED) is 0.219. The van der Waals surface area contributed by atoms with Crippen LogP contribution in [0.4, 0.5) is 5.69 Å². The number of hydrogen-bond donors (Lipinski definition) is 1. The molecule has 200 valence electrons. The Morgan fingerprint density at radius 1 is 0.810 bits per heavy atom. The summed E-state index contributed by atoms with van der Waals surface area (Å²) in [5.74, 6) is -0.126. The molecular formula is C38H26N2OS.